The molecule has 2 aromatic carbocycles. The summed E-state index contributed by atoms with van der Waals surface area (Å²) < 4.78 is 42.1. The van der Waals surface area contributed by atoms with Crippen LogP contribution in [0.5, 0.6) is 11.5 Å². The molecular weight excluding hydrogens is 396 g/mol. The number of hydrogen-bond acceptors (Lipinski definition) is 5. The fraction of sp³-hybridized carbons (Fsp3) is 0.263. The number of carbonyl (C=O) groups is 2. The van der Waals surface area contributed by atoms with Gasteiger partial charge in [0.25, 0.3) is 5.91 Å². The molecule has 0 N–H and O–H groups in total. The Hall–Kier alpha value is -2.87. The van der Waals surface area contributed by atoms with Crippen LogP contribution in [-0.2, 0) is 16.1 Å². The quantitative estimate of drug-likeness (QED) is 0.558. The van der Waals surface area contributed by atoms with Gasteiger partial charge >= 0.3 is 5.97 Å². The summed E-state index contributed by atoms with van der Waals surface area (Å²) in [5.74, 6) is -2.69. The average molecular weight is 412 g/mol. The molecule has 0 saturated heterocycles. The van der Waals surface area contributed by atoms with Crippen LogP contribution in [0, 0.1) is 11.6 Å². The maximum absolute atomic E-state index is 13.3. The Balaban J connectivity index is 1.57. The van der Waals surface area contributed by atoms with Crippen LogP contribution in [-0.4, -0.2) is 43.6 Å². The van der Waals surface area contributed by atoms with E-state index in [0.717, 1.165) is 5.56 Å². The molecule has 0 fully saturated rings. The highest BCUT2D eigenvalue weighted by atomic mass is 35.5. The Bertz CT molecular complexity index is 921. The highest BCUT2D eigenvalue weighted by Crippen LogP contribution is 2.31. The van der Waals surface area contributed by atoms with Crippen LogP contribution in [0.25, 0.3) is 0 Å². The number of hydrogen-bond donors (Lipinski definition) is 0. The molecule has 0 bridgehead atoms. The van der Waals surface area contributed by atoms with E-state index in [4.69, 9.17) is 25.8 Å². The van der Waals surface area contributed by atoms with E-state index in [0.29, 0.717) is 36.8 Å². The van der Waals surface area contributed by atoms with Gasteiger partial charge < -0.3 is 19.1 Å². The first-order chi connectivity index (χ1) is 13.3. The number of benzene rings is 2. The second kappa shape index (κ2) is 8.43. The maximum Gasteiger partial charge on any atom is 0.340 e. The van der Waals surface area contributed by atoms with Crippen LogP contribution in [0.15, 0.2) is 30.3 Å². The molecule has 1 heterocycles. The zero-order chi connectivity index (χ0) is 20.3. The molecule has 1 aliphatic heterocycles. The third kappa shape index (κ3) is 4.51. The Morgan fingerprint density at radius 1 is 1.11 bits per heavy atom. The molecule has 0 unspecified atom stereocenters. The summed E-state index contributed by atoms with van der Waals surface area (Å²) in [5, 5.41) is -0.305. The third-order valence-corrected chi connectivity index (χ3v) is 4.32. The van der Waals surface area contributed by atoms with Gasteiger partial charge in [0.15, 0.2) is 29.7 Å². The highest BCUT2D eigenvalue weighted by Gasteiger charge is 2.19. The monoisotopic (exact) mass is 411 g/mol. The van der Waals surface area contributed by atoms with Crippen molar-refractivity contribution in [2.45, 2.75) is 6.54 Å². The van der Waals surface area contributed by atoms with Gasteiger partial charge in [-0.05, 0) is 29.8 Å². The Morgan fingerprint density at radius 2 is 1.79 bits per heavy atom. The number of rotatable bonds is 5. The van der Waals surface area contributed by atoms with Gasteiger partial charge in [-0.25, -0.2) is 13.6 Å². The number of halogens is 3. The lowest BCUT2D eigenvalue weighted by Crippen LogP contribution is -2.31. The van der Waals surface area contributed by atoms with E-state index < -0.39 is 30.1 Å². The van der Waals surface area contributed by atoms with Crippen molar-refractivity contribution >= 4 is 23.5 Å². The van der Waals surface area contributed by atoms with Gasteiger partial charge in [0, 0.05) is 13.6 Å². The molecule has 0 radical (unpaired) electrons. The van der Waals surface area contributed by atoms with Crippen molar-refractivity contribution in [1.29, 1.82) is 0 Å². The number of nitrogens with zero attached hydrogens (tertiary/aromatic N) is 1. The molecule has 148 valence electrons. The van der Waals surface area contributed by atoms with E-state index in [1.165, 1.54) is 11.9 Å². The average Bonchev–Trinajstić information content (AvgIpc) is 2.68. The van der Waals surface area contributed by atoms with Crippen molar-refractivity contribution in [3.05, 3.63) is 58.1 Å². The molecule has 3 rings (SSSR count). The smallest absolute Gasteiger partial charge is 0.340 e. The Labute approximate surface area is 164 Å². The highest BCUT2D eigenvalue weighted by molar-refractivity contribution is 6.33. The van der Waals surface area contributed by atoms with Gasteiger partial charge in [0.05, 0.1) is 10.6 Å². The lowest BCUT2D eigenvalue weighted by molar-refractivity contribution is -0.133. The van der Waals surface area contributed by atoms with Crippen molar-refractivity contribution in [3.8, 4) is 11.5 Å². The van der Waals surface area contributed by atoms with Crippen molar-refractivity contribution in [2.75, 3.05) is 26.9 Å². The lowest BCUT2D eigenvalue weighted by Gasteiger charge is -2.21. The summed E-state index contributed by atoms with van der Waals surface area (Å²) in [6.45, 7) is 0.611. The fourth-order valence-corrected chi connectivity index (χ4v) is 2.77. The fourth-order valence-electron chi connectivity index (χ4n) is 2.54. The summed E-state index contributed by atoms with van der Waals surface area (Å²) in [7, 11) is 1.54. The summed E-state index contributed by atoms with van der Waals surface area (Å²) in [5.41, 5.74) is 0.443. The van der Waals surface area contributed by atoms with Crippen LogP contribution in [0.2, 0.25) is 5.02 Å². The number of likely N-dealkylation sites (N-methyl/N-ethyl adjacent to an activating group) is 1. The molecule has 9 heteroatoms. The summed E-state index contributed by atoms with van der Waals surface area (Å²) in [6.07, 6.45) is 0. The van der Waals surface area contributed by atoms with Gasteiger partial charge in [-0.3, -0.25) is 4.79 Å². The zero-order valence-corrected chi connectivity index (χ0v) is 15.6. The van der Waals surface area contributed by atoms with Crippen LogP contribution in [0.1, 0.15) is 15.9 Å². The molecule has 2 aromatic rings. The zero-order valence-electron chi connectivity index (χ0n) is 14.8. The first kappa shape index (κ1) is 19.9. The van der Waals surface area contributed by atoms with Crippen LogP contribution < -0.4 is 9.47 Å². The van der Waals surface area contributed by atoms with Gasteiger partial charge in [-0.15, -0.1) is 0 Å². The van der Waals surface area contributed by atoms with E-state index in [2.05, 4.69) is 0 Å². The standard InChI is InChI=1S/C19H16ClF2NO5/c1-23(9-11-2-3-16-17(6-11)27-5-4-26-16)18(24)10-28-19(25)12-7-14(21)15(22)8-13(12)20/h2-3,6-8H,4-5,9-10H2,1H3. The minimum Gasteiger partial charge on any atom is -0.486 e. The lowest BCUT2D eigenvalue weighted by atomic mass is 10.2. The van der Waals surface area contributed by atoms with Gasteiger partial charge in [0.2, 0.25) is 0 Å². The molecule has 1 aliphatic rings. The molecule has 0 aromatic heterocycles. The first-order valence-electron chi connectivity index (χ1n) is 8.29. The summed E-state index contributed by atoms with van der Waals surface area (Å²) in [6, 6.07) is 6.62. The largest absolute Gasteiger partial charge is 0.486 e. The third-order valence-electron chi connectivity index (χ3n) is 4.01. The van der Waals surface area contributed by atoms with Crippen molar-refractivity contribution in [1.82, 2.24) is 4.90 Å². The minimum absolute atomic E-state index is 0.249. The molecule has 0 saturated carbocycles. The minimum atomic E-state index is -1.24. The van der Waals surface area contributed by atoms with E-state index in [1.54, 1.807) is 18.2 Å². The Morgan fingerprint density at radius 3 is 2.54 bits per heavy atom. The second-order valence-electron chi connectivity index (χ2n) is 6.05. The SMILES string of the molecule is CN(Cc1ccc2c(c1)OCCO2)C(=O)COC(=O)c1cc(F)c(F)cc1Cl. The predicted octanol–water partition coefficient (Wildman–Crippen LogP) is 3.20. The van der Waals surface area contributed by atoms with E-state index in [9.17, 15) is 18.4 Å². The molecule has 28 heavy (non-hydrogen) atoms. The maximum atomic E-state index is 13.3. The van der Waals surface area contributed by atoms with Gasteiger partial charge in [-0.2, -0.15) is 0 Å². The topological polar surface area (TPSA) is 65.1 Å². The number of fused-ring (bicyclic) bond motifs is 1. The number of esters is 1. The van der Waals surface area contributed by atoms with Crippen molar-refractivity contribution < 1.29 is 32.6 Å². The molecule has 0 atom stereocenters. The van der Waals surface area contributed by atoms with E-state index >= 15 is 0 Å². The van der Waals surface area contributed by atoms with Crippen molar-refractivity contribution in [3.63, 3.8) is 0 Å². The number of amides is 1. The van der Waals surface area contributed by atoms with Crippen LogP contribution in [0.4, 0.5) is 8.78 Å². The Kier molecular flexibility index (Phi) is 5.99. The van der Waals surface area contributed by atoms with E-state index in [-0.39, 0.29) is 17.1 Å². The molecule has 0 aliphatic carbocycles. The number of ether oxygens (including phenoxy) is 3. The molecular formula is C19H16ClF2NO5. The number of carbonyl (C=O) groups excluding carboxylic acids is 2. The van der Waals surface area contributed by atoms with Gasteiger partial charge in [0.1, 0.15) is 13.2 Å². The van der Waals surface area contributed by atoms with E-state index in [1.807, 2.05) is 0 Å². The van der Waals surface area contributed by atoms with Gasteiger partial charge in [-0.1, -0.05) is 17.7 Å². The predicted molar refractivity (Wildman–Crippen MR) is 95.6 cm³/mol. The summed E-state index contributed by atoms with van der Waals surface area (Å²) >= 11 is 5.71. The summed E-state index contributed by atoms with van der Waals surface area (Å²) in [4.78, 5) is 25.5. The van der Waals surface area contributed by atoms with Crippen LogP contribution >= 0.6 is 11.6 Å². The van der Waals surface area contributed by atoms with Crippen molar-refractivity contribution in [2.24, 2.45) is 0 Å². The normalized spacial score (nSPS) is 12.4. The second-order valence-corrected chi connectivity index (χ2v) is 6.46. The molecule has 1 amide bonds. The first-order valence-corrected chi connectivity index (χ1v) is 8.67. The molecule has 0 spiro atoms. The van der Waals surface area contributed by atoms with Crippen LogP contribution in [0.3, 0.4) is 0 Å². The molecule has 6 nitrogen and oxygen atoms in total.